The van der Waals surface area contributed by atoms with Crippen molar-refractivity contribution in [1.82, 2.24) is 18.3 Å². The quantitative estimate of drug-likeness (QED) is 0.123. The van der Waals surface area contributed by atoms with Gasteiger partial charge in [-0.15, -0.1) is 0 Å². The summed E-state index contributed by atoms with van der Waals surface area (Å²) in [6.45, 7) is 0. The predicted octanol–water partition coefficient (Wildman–Crippen LogP) is 19.5. The maximum atomic E-state index is 8.00. The van der Waals surface area contributed by atoms with Crippen molar-refractivity contribution in [2.75, 3.05) is 0 Å². The molecule has 0 radical (unpaired) electrons. The molecular weight excluding hydrogens is 943 g/mol. The van der Waals surface area contributed by atoms with Gasteiger partial charge in [0.25, 0.3) is 0 Å². The molecular formula is C66H40N4O2P2. The second kappa shape index (κ2) is 15.2. The van der Waals surface area contributed by atoms with Crippen LogP contribution >= 0.6 is 14.7 Å². The van der Waals surface area contributed by atoms with Gasteiger partial charge >= 0.3 is 0 Å². The molecule has 11 aromatic carbocycles. The molecule has 2 atom stereocenters. The minimum Gasteiger partial charge on any atom is -0.453 e. The lowest BCUT2D eigenvalue weighted by Crippen LogP contribution is -2.08. The van der Waals surface area contributed by atoms with Gasteiger partial charge < -0.3 is 27.1 Å². The molecule has 17 aromatic rings. The molecule has 346 valence electrons. The van der Waals surface area contributed by atoms with Crippen LogP contribution in [0.25, 0.3) is 142 Å². The Morgan fingerprint density at radius 2 is 0.581 bits per heavy atom. The fourth-order valence-electron chi connectivity index (χ4n) is 12.4. The number of benzene rings is 11. The van der Waals surface area contributed by atoms with Crippen LogP contribution in [0.5, 0.6) is 0 Å². The number of fused-ring (bicyclic) bond motifs is 2. The molecule has 6 heterocycles. The maximum absolute atomic E-state index is 8.00. The van der Waals surface area contributed by atoms with Crippen LogP contribution in [0.1, 0.15) is 0 Å². The van der Waals surface area contributed by atoms with Crippen LogP contribution < -0.4 is 0 Å². The molecule has 0 saturated carbocycles. The Morgan fingerprint density at radius 3 is 1.09 bits per heavy atom. The van der Waals surface area contributed by atoms with Gasteiger partial charge in [0.05, 0.1) is 53.6 Å². The van der Waals surface area contributed by atoms with Gasteiger partial charge in [0, 0.05) is 33.0 Å². The molecule has 0 fully saturated rings. The van der Waals surface area contributed by atoms with Gasteiger partial charge in [-0.25, -0.2) is 0 Å². The number of nitrogens with zero attached hydrogens (tertiary/aromatic N) is 4. The summed E-state index contributed by atoms with van der Waals surface area (Å²) >= 11 is 0. The first-order valence-corrected chi connectivity index (χ1v) is 27.8. The van der Waals surface area contributed by atoms with Crippen molar-refractivity contribution in [2.24, 2.45) is 0 Å². The molecule has 0 spiro atoms. The molecule has 0 bridgehead atoms. The Bertz CT molecular complexity index is 5090. The molecule has 0 saturated heterocycles. The van der Waals surface area contributed by atoms with Gasteiger partial charge in [-0.05, 0) is 119 Å². The van der Waals surface area contributed by atoms with Gasteiger partial charge in [0.15, 0.2) is 11.2 Å². The third-order valence-electron chi connectivity index (χ3n) is 15.3. The topological polar surface area (TPSA) is 46.0 Å². The number of hydrogen-bond acceptors (Lipinski definition) is 2. The number of rotatable bonds is 6. The molecule has 0 N–H and O–H groups in total. The van der Waals surface area contributed by atoms with E-state index in [4.69, 9.17) is 8.83 Å². The van der Waals surface area contributed by atoms with E-state index in [2.05, 4.69) is 261 Å². The first-order valence-electron chi connectivity index (χ1n) is 25.1. The van der Waals surface area contributed by atoms with Crippen molar-refractivity contribution in [2.45, 2.75) is 0 Å². The zero-order valence-corrected chi connectivity index (χ0v) is 41.4. The maximum Gasteiger partial charge on any atom is 0.166 e. The molecule has 0 amide bonds. The smallest absolute Gasteiger partial charge is 0.166 e. The molecule has 74 heavy (non-hydrogen) atoms. The van der Waals surface area contributed by atoms with E-state index in [1.807, 2.05) is 0 Å². The van der Waals surface area contributed by atoms with Crippen LogP contribution in [0, 0.1) is 0 Å². The lowest BCUT2D eigenvalue weighted by molar-refractivity contribution is 0.659. The Morgan fingerprint density at radius 1 is 0.243 bits per heavy atom. The SMILES string of the molecule is c1ccc(-c2cc3oc4c5c6c(oc7cccc8c7p6c6c(cccc6n5-c5ccccc5)n8-c5ccccc5)c5c4p4c3c(c2)n(-c2ccccc2)c2cc(-c3ccccc3)cc(c24)n5-c2ccccc2)cc1. The van der Waals surface area contributed by atoms with E-state index >= 15 is 0 Å². The third-order valence-corrected chi connectivity index (χ3v) is 20.7. The normalized spacial score (nSPS) is 12.8. The van der Waals surface area contributed by atoms with E-state index in [1.165, 1.54) is 36.2 Å². The van der Waals surface area contributed by atoms with E-state index < -0.39 is 14.7 Å². The Hall–Kier alpha value is -9.18. The molecule has 6 nitrogen and oxygen atoms in total. The standard InChI is InChI=1S/C66H40N4O2P2/c1-7-21-41(22-8-1)43-37-52-62-53(38-43)70(48-31-17-6-18-32-48)58-59-65-57(60-66(58)74(62)64-54(68(52)46-27-13-4-14-28-46)39-44(40-56(64)72-60)42-23-9-2-10-24-42)69(47-29-15-5-16-30-47)50-34-19-33-49-61(50)73(65)63-51(35-20-36-55(63)71-59)67(49)45-25-11-3-12-26-45/h1-40H. The van der Waals surface area contributed by atoms with Crippen molar-refractivity contribution in [3.05, 3.63) is 243 Å². The highest BCUT2D eigenvalue weighted by atomic mass is 31.1. The van der Waals surface area contributed by atoms with Crippen molar-refractivity contribution >= 4 is 112 Å². The Kier molecular flexibility index (Phi) is 8.29. The van der Waals surface area contributed by atoms with Crippen LogP contribution in [-0.2, 0) is 0 Å². The molecule has 0 aliphatic rings. The summed E-state index contributed by atoms with van der Waals surface area (Å²) in [6, 6.07) is 88.4. The van der Waals surface area contributed by atoms with Crippen LogP contribution in [0.3, 0.4) is 0 Å². The molecule has 6 aromatic heterocycles. The van der Waals surface area contributed by atoms with E-state index in [1.54, 1.807) is 0 Å². The Balaban J connectivity index is 1.23. The average molecular weight is 983 g/mol. The molecule has 17 rings (SSSR count). The second-order valence-electron chi connectivity index (χ2n) is 19.3. The van der Waals surface area contributed by atoms with Gasteiger partial charge in [0.1, 0.15) is 22.2 Å². The fourth-order valence-corrected chi connectivity index (χ4v) is 18.4. The summed E-state index contributed by atoms with van der Waals surface area (Å²) in [5, 5.41) is 7.39. The zero-order chi connectivity index (χ0) is 48.2. The summed E-state index contributed by atoms with van der Waals surface area (Å²) in [7, 11) is -2.52. The summed E-state index contributed by atoms with van der Waals surface area (Å²) in [6.07, 6.45) is 0. The predicted molar refractivity (Wildman–Crippen MR) is 311 cm³/mol. The van der Waals surface area contributed by atoms with Crippen molar-refractivity contribution in [3.63, 3.8) is 0 Å². The summed E-state index contributed by atoms with van der Waals surface area (Å²) in [5.74, 6) is 0. The van der Waals surface area contributed by atoms with E-state index in [0.717, 1.165) is 106 Å². The van der Waals surface area contributed by atoms with E-state index in [9.17, 15) is 0 Å². The fraction of sp³-hybridized carbons (Fsp3) is 0. The molecule has 0 aliphatic heterocycles. The average Bonchev–Trinajstić information content (AvgIpc) is 3.66. The van der Waals surface area contributed by atoms with Crippen molar-refractivity contribution < 1.29 is 8.83 Å². The van der Waals surface area contributed by atoms with Crippen molar-refractivity contribution in [1.29, 1.82) is 0 Å². The minimum absolute atomic E-state index is 0.886. The largest absolute Gasteiger partial charge is 0.453 e. The summed E-state index contributed by atoms with van der Waals surface area (Å²) in [5.41, 5.74) is 21.4. The van der Waals surface area contributed by atoms with E-state index in [0.29, 0.717) is 0 Å². The third kappa shape index (κ3) is 5.40. The first-order chi connectivity index (χ1) is 36.8. The van der Waals surface area contributed by atoms with Crippen LogP contribution in [-0.4, -0.2) is 18.3 Å². The van der Waals surface area contributed by atoms with Gasteiger partial charge in [0.2, 0.25) is 0 Å². The second-order valence-corrected chi connectivity index (χ2v) is 23.3. The molecule has 2 unspecified atom stereocenters. The monoisotopic (exact) mass is 982 g/mol. The van der Waals surface area contributed by atoms with Crippen LogP contribution in [0.2, 0.25) is 0 Å². The van der Waals surface area contributed by atoms with E-state index in [-0.39, 0.29) is 0 Å². The highest BCUT2D eigenvalue weighted by Gasteiger charge is 2.33. The Labute approximate surface area is 424 Å². The first kappa shape index (κ1) is 40.4. The lowest BCUT2D eigenvalue weighted by Gasteiger charge is -2.29. The number of para-hydroxylation sites is 4. The highest BCUT2D eigenvalue weighted by molar-refractivity contribution is 7.65. The summed E-state index contributed by atoms with van der Waals surface area (Å²) < 4.78 is 25.8. The van der Waals surface area contributed by atoms with Gasteiger partial charge in [-0.3, -0.25) is 0 Å². The van der Waals surface area contributed by atoms with Gasteiger partial charge in [-0.1, -0.05) is 160 Å². The minimum atomic E-state index is -1.30. The van der Waals surface area contributed by atoms with Crippen molar-refractivity contribution in [3.8, 4) is 45.0 Å². The highest BCUT2D eigenvalue weighted by Crippen LogP contribution is 2.63. The van der Waals surface area contributed by atoms with Crippen LogP contribution in [0.4, 0.5) is 0 Å². The summed E-state index contributed by atoms with van der Waals surface area (Å²) in [4.78, 5) is 0. The van der Waals surface area contributed by atoms with Crippen LogP contribution in [0.15, 0.2) is 251 Å². The van der Waals surface area contributed by atoms with Gasteiger partial charge in [-0.2, -0.15) is 0 Å². The molecule has 8 heteroatoms. The number of hydrogen-bond donors (Lipinski definition) is 0. The molecule has 0 aliphatic carbocycles. The zero-order valence-electron chi connectivity index (χ0n) is 39.6. The number of aromatic nitrogens is 4. The lowest BCUT2D eigenvalue weighted by atomic mass is 10.0.